The standard InChI is InChI=1S/C4H11NO3S.H2O/c1-5(2)3-4-9(6,7)8;/h3-4H2,1-2H3,(H,6,7,8);1H2. The van der Waals surface area contributed by atoms with Crippen LogP contribution in [-0.2, 0) is 10.1 Å². The van der Waals surface area contributed by atoms with Crippen molar-refractivity contribution in [2.24, 2.45) is 0 Å². The van der Waals surface area contributed by atoms with E-state index in [9.17, 15) is 8.42 Å². The zero-order chi connectivity index (χ0) is 7.49. The van der Waals surface area contributed by atoms with Crippen LogP contribution in [0, 0.1) is 0 Å². The van der Waals surface area contributed by atoms with Crippen LogP contribution in [0.2, 0.25) is 0 Å². The third-order valence-corrected chi connectivity index (χ3v) is 1.49. The lowest BCUT2D eigenvalue weighted by Gasteiger charge is -2.05. The highest BCUT2D eigenvalue weighted by atomic mass is 32.2. The van der Waals surface area contributed by atoms with Crippen LogP contribution < -0.4 is 0 Å². The van der Waals surface area contributed by atoms with E-state index in [1.165, 1.54) is 0 Å². The van der Waals surface area contributed by atoms with Crippen molar-refractivity contribution in [3.63, 3.8) is 0 Å². The Hall–Kier alpha value is -0.170. The summed E-state index contributed by atoms with van der Waals surface area (Å²) in [6.07, 6.45) is 0. The average molecular weight is 171 g/mol. The van der Waals surface area contributed by atoms with E-state index in [-0.39, 0.29) is 11.2 Å². The van der Waals surface area contributed by atoms with Gasteiger partial charge in [-0.25, -0.2) is 0 Å². The predicted octanol–water partition coefficient (Wildman–Crippen LogP) is -1.39. The van der Waals surface area contributed by atoms with Crippen molar-refractivity contribution in [1.29, 1.82) is 0 Å². The van der Waals surface area contributed by atoms with Gasteiger partial charge in [-0.3, -0.25) is 4.55 Å². The molecule has 0 amide bonds. The molecule has 0 aliphatic rings. The van der Waals surface area contributed by atoms with E-state index < -0.39 is 10.1 Å². The van der Waals surface area contributed by atoms with E-state index in [1.54, 1.807) is 19.0 Å². The highest BCUT2D eigenvalue weighted by Gasteiger charge is 2.03. The van der Waals surface area contributed by atoms with Crippen LogP contribution in [0.15, 0.2) is 0 Å². The molecule has 5 nitrogen and oxygen atoms in total. The monoisotopic (exact) mass is 171 g/mol. The molecule has 0 saturated carbocycles. The maximum Gasteiger partial charge on any atom is 0.266 e. The average Bonchev–Trinajstić information content (AvgIpc) is 1.59. The van der Waals surface area contributed by atoms with Gasteiger partial charge in [0.05, 0.1) is 5.75 Å². The molecule has 0 radical (unpaired) electrons. The molecular weight excluding hydrogens is 158 g/mol. The van der Waals surface area contributed by atoms with Crippen molar-refractivity contribution < 1.29 is 18.4 Å². The van der Waals surface area contributed by atoms with E-state index in [0.717, 1.165) is 0 Å². The van der Waals surface area contributed by atoms with Crippen molar-refractivity contribution in [1.82, 2.24) is 4.90 Å². The van der Waals surface area contributed by atoms with Crippen molar-refractivity contribution in [3.05, 3.63) is 0 Å². The van der Waals surface area contributed by atoms with Gasteiger partial charge in [-0.15, -0.1) is 0 Å². The molecule has 0 aliphatic carbocycles. The lowest BCUT2D eigenvalue weighted by Crippen LogP contribution is -2.21. The Kier molecular flexibility index (Phi) is 5.77. The molecule has 0 bridgehead atoms. The topological polar surface area (TPSA) is 89.1 Å². The first-order chi connectivity index (χ1) is 3.92. The summed E-state index contributed by atoms with van der Waals surface area (Å²) in [7, 11) is -0.278. The van der Waals surface area contributed by atoms with Gasteiger partial charge in [0, 0.05) is 6.54 Å². The highest BCUT2D eigenvalue weighted by molar-refractivity contribution is 7.85. The molecule has 0 unspecified atom stereocenters. The Morgan fingerprint density at radius 2 is 1.80 bits per heavy atom. The number of hydrogen-bond acceptors (Lipinski definition) is 3. The van der Waals surface area contributed by atoms with Crippen molar-refractivity contribution in [3.8, 4) is 0 Å². The maximum absolute atomic E-state index is 10.1. The molecule has 0 heterocycles. The second-order valence-electron chi connectivity index (χ2n) is 2.09. The summed E-state index contributed by atoms with van der Waals surface area (Å²) in [5.41, 5.74) is 0. The molecule has 0 aromatic carbocycles. The summed E-state index contributed by atoms with van der Waals surface area (Å²) >= 11 is 0. The summed E-state index contributed by atoms with van der Waals surface area (Å²) < 4.78 is 28.3. The van der Waals surface area contributed by atoms with Crippen LogP contribution in [0.1, 0.15) is 0 Å². The molecule has 3 N–H and O–H groups in total. The van der Waals surface area contributed by atoms with Gasteiger partial charge in [0.1, 0.15) is 0 Å². The molecule has 0 rings (SSSR count). The Labute approximate surface area is 60.7 Å². The third kappa shape index (κ3) is 10.7. The second-order valence-corrected chi connectivity index (χ2v) is 3.66. The first-order valence-electron chi connectivity index (χ1n) is 2.52. The number of rotatable bonds is 3. The molecule has 0 atom stereocenters. The molecule has 0 aromatic rings. The van der Waals surface area contributed by atoms with Crippen molar-refractivity contribution in [2.45, 2.75) is 0 Å². The van der Waals surface area contributed by atoms with Gasteiger partial charge in [0.25, 0.3) is 10.1 Å². The van der Waals surface area contributed by atoms with Gasteiger partial charge >= 0.3 is 0 Å². The second kappa shape index (κ2) is 4.62. The van der Waals surface area contributed by atoms with Crippen molar-refractivity contribution >= 4 is 10.1 Å². The summed E-state index contributed by atoms with van der Waals surface area (Å²) in [6.45, 7) is 0.360. The molecule has 6 heteroatoms. The van der Waals surface area contributed by atoms with Crippen molar-refractivity contribution in [2.75, 3.05) is 26.4 Å². The molecule has 0 aromatic heterocycles. The fraction of sp³-hybridized carbons (Fsp3) is 1.00. The van der Waals surface area contributed by atoms with Gasteiger partial charge in [0.2, 0.25) is 0 Å². The molecular formula is C4H13NO4S. The smallest absolute Gasteiger partial charge is 0.266 e. The molecule has 0 fully saturated rings. The Bertz CT molecular complexity index is 162. The summed E-state index contributed by atoms with van der Waals surface area (Å²) in [5.74, 6) is -0.194. The van der Waals surface area contributed by atoms with Crippen LogP contribution in [0.4, 0.5) is 0 Å². The summed E-state index contributed by atoms with van der Waals surface area (Å²) in [6, 6.07) is 0. The Balaban J connectivity index is 0. The summed E-state index contributed by atoms with van der Waals surface area (Å²) in [5, 5.41) is 0. The molecule has 10 heavy (non-hydrogen) atoms. The first-order valence-corrected chi connectivity index (χ1v) is 4.12. The molecule has 0 spiro atoms. The van der Waals surface area contributed by atoms with Crippen LogP contribution >= 0.6 is 0 Å². The zero-order valence-electron chi connectivity index (χ0n) is 6.03. The fourth-order valence-electron chi connectivity index (χ4n) is 0.298. The van der Waals surface area contributed by atoms with E-state index >= 15 is 0 Å². The minimum absolute atomic E-state index is 0. The van der Waals surface area contributed by atoms with Crippen LogP contribution in [0.3, 0.4) is 0 Å². The number of nitrogens with zero attached hydrogens (tertiary/aromatic N) is 1. The molecule has 0 aliphatic heterocycles. The number of hydrogen-bond donors (Lipinski definition) is 1. The van der Waals surface area contributed by atoms with E-state index in [1.807, 2.05) is 0 Å². The van der Waals surface area contributed by atoms with E-state index in [2.05, 4.69) is 0 Å². The van der Waals surface area contributed by atoms with Gasteiger partial charge < -0.3 is 10.4 Å². The van der Waals surface area contributed by atoms with E-state index in [0.29, 0.717) is 6.54 Å². The van der Waals surface area contributed by atoms with E-state index in [4.69, 9.17) is 4.55 Å². The third-order valence-electron chi connectivity index (χ3n) is 0.796. The quantitative estimate of drug-likeness (QED) is 0.529. The Morgan fingerprint density at radius 1 is 1.40 bits per heavy atom. The lowest BCUT2D eigenvalue weighted by atomic mass is 10.7. The van der Waals surface area contributed by atoms with Crippen LogP contribution in [0.5, 0.6) is 0 Å². The zero-order valence-corrected chi connectivity index (χ0v) is 6.85. The maximum atomic E-state index is 10.1. The minimum Gasteiger partial charge on any atom is -0.412 e. The van der Waals surface area contributed by atoms with Crippen LogP contribution in [0.25, 0.3) is 0 Å². The van der Waals surface area contributed by atoms with Gasteiger partial charge in [0.15, 0.2) is 0 Å². The normalized spacial score (nSPS) is 11.2. The molecule has 0 saturated heterocycles. The van der Waals surface area contributed by atoms with Gasteiger partial charge in [-0.2, -0.15) is 8.42 Å². The Morgan fingerprint density at radius 3 is 1.90 bits per heavy atom. The lowest BCUT2D eigenvalue weighted by molar-refractivity contribution is 0.418. The largest absolute Gasteiger partial charge is 0.412 e. The van der Waals surface area contributed by atoms with Gasteiger partial charge in [-0.1, -0.05) is 0 Å². The highest BCUT2D eigenvalue weighted by Crippen LogP contribution is 1.82. The summed E-state index contributed by atoms with van der Waals surface area (Å²) in [4.78, 5) is 1.69. The minimum atomic E-state index is -3.76. The molecule has 64 valence electrons. The fourth-order valence-corrected chi connectivity index (χ4v) is 0.894. The SMILES string of the molecule is CN(C)CCS(=O)(=O)O.O. The van der Waals surface area contributed by atoms with Crippen LogP contribution in [-0.4, -0.2) is 49.7 Å². The van der Waals surface area contributed by atoms with Gasteiger partial charge in [-0.05, 0) is 14.1 Å². The first kappa shape index (κ1) is 12.5. The predicted molar refractivity (Wildman–Crippen MR) is 38.6 cm³/mol.